The van der Waals surface area contributed by atoms with E-state index in [4.69, 9.17) is 0 Å². The predicted molar refractivity (Wildman–Crippen MR) is 110 cm³/mol. The summed E-state index contributed by atoms with van der Waals surface area (Å²) in [7, 11) is 0. The normalized spacial score (nSPS) is 20.3. The Hall–Kier alpha value is -1.73. The van der Waals surface area contributed by atoms with Crippen LogP contribution >= 0.6 is 11.3 Å². The largest absolute Gasteiger partial charge is 0.356 e. The molecule has 4 heterocycles. The standard InChI is InChI=1S/C20H29N5OS/c1-15(24-11-2-3-12-24)6-10-21-18(26)16-7-13-25(14-8-16)20-23-17-5-4-9-22-19(17)27-20/h4-5,9,15-16H,2-3,6-8,10-14H2,1H3,(H,21,26)/t15-/m0/s1. The van der Waals surface area contributed by atoms with E-state index < -0.39 is 0 Å². The maximum absolute atomic E-state index is 12.5. The molecule has 2 aromatic heterocycles. The molecule has 6 nitrogen and oxygen atoms in total. The number of amides is 1. The van der Waals surface area contributed by atoms with Gasteiger partial charge in [-0.3, -0.25) is 4.79 Å². The number of hydrogen-bond acceptors (Lipinski definition) is 6. The Labute approximate surface area is 165 Å². The molecule has 7 heteroatoms. The third kappa shape index (κ3) is 4.41. The average molecular weight is 388 g/mol. The van der Waals surface area contributed by atoms with Gasteiger partial charge in [0.15, 0.2) is 5.13 Å². The van der Waals surface area contributed by atoms with Gasteiger partial charge < -0.3 is 15.1 Å². The number of carbonyl (C=O) groups excluding carboxylic acids is 1. The zero-order valence-corrected chi connectivity index (χ0v) is 16.9. The molecule has 2 saturated heterocycles. The van der Waals surface area contributed by atoms with Crippen LogP contribution in [-0.4, -0.2) is 59.5 Å². The van der Waals surface area contributed by atoms with Crippen molar-refractivity contribution in [3.63, 3.8) is 0 Å². The van der Waals surface area contributed by atoms with E-state index in [1.165, 1.54) is 25.9 Å². The summed E-state index contributed by atoms with van der Waals surface area (Å²) in [6.07, 6.45) is 7.29. The van der Waals surface area contributed by atoms with E-state index in [-0.39, 0.29) is 11.8 Å². The molecule has 1 amide bonds. The van der Waals surface area contributed by atoms with Crippen LogP contribution in [0.2, 0.25) is 0 Å². The number of aromatic nitrogens is 2. The smallest absolute Gasteiger partial charge is 0.223 e. The van der Waals surface area contributed by atoms with E-state index in [0.29, 0.717) is 6.04 Å². The van der Waals surface area contributed by atoms with Crippen LogP contribution in [0, 0.1) is 5.92 Å². The van der Waals surface area contributed by atoms with Crippen LogP contribution in [-0.2, 0) is 4.79 Å². The van der Waals surface area contributed by atoms with Crippen molar-refractivity contribution < 1.29 is 4.79 Å². The lowest BCUT2D eigenvalue weighted by Crippen LogP contribution is -2.41. The first-order valence-corrected chi connectivity index (χ1v) is 11.0. The van der Waals surface area contributed by atoms with E-state index in [1.54, 1.807) is 11.3 Å². The molecule has 2 aliphatic heterocycles. The van der Waals surface area contributed by atoms with Gasteiger partial charge in [-0.2, -0.15) is 0 Å². The lowest BCUT2D eigenvalue weighted by atomic mass is 9.96. The molecule has 1 N–H and O–H groups in total. The zero-order valence-electron chi connectivity index (χ0n) is 16.1. The number of fused-ring (bicyclic) bond motifs is 1. The number of pyridine rings is 1. The van der Waals surface area contributed by atoms with Gasteiger partial charge in [-0.1, -0.05) is 11.3 Å². The highest BCUT2D eigenvalue weighted by Crippen LogP contribution is 2.30. The molecule has 1 atom stereocenters. The highest BCUT2D eigenvalue weighted by molar-refractivity contribution is 7.21. The van der Waals surface area contributed by atoms with Gasteiger partial charge in [0.1, 0.15) is 10.3 Å². The minimum atomic E-state index is 0.135. The number of thiazole rings is 1. The molecule has 0 spiro atoms. The molecule has 4 rings (SSSR count). The van der Waals surface area contributed by atoms with E-state index in [2.05, 4.69) is 32.0 Å². The number of piperidine rings is 1. The fourth-order valence-corrected chi connectivity index (χ4v) is 5.10. The summed E-state index contributed by atoms with van der Waals surface area (Å²) in [5, 5.41) is 4.21. The van der Waals surface area contributed by atoms with Gasteiger partial charge in [-0.15, -0.1) is 0 Å². The molecule has 2 aliphatic rings. The maximum Gasteiger partial charge on any atom is 0.223 e. The first-order chi connectivity index (χ1) is 13.2. The topological polar surface area (TPSA) is 61.4 Å². The molecule has 2 fully saturated rings. The first kappa shape index (κ1) is 18.6. The summed E-state index contributed by atoms with van der Waals surface area (Å²) in [4.78, 5) is 27.4. The Balaban J connectivity index is 1.22. The van der Waals surface area contributed by atoms with Crippen molar-refractivity contribution in [1.82, 2.24) is 20.2 Å². The van der Waals surface area contributed by atoms with Crippen molar-refractivity contribution >= 4 is 32.7 Å². The molecule has 0 bridgehead atoms. The highest BCUT2D eigenvalue weighted by Gasteiger charge is 2.26. The van der Waals surface area contributed by atoms with E-state index >= 15 is 0 Å². The summed E-state index contributed by atoms with van der Waals surface area (Å²) in [6, 6.07) is 4.50. The summed E-state index contributed by atoms with van der Waals surface area (Å²) in [5.74, 6) is 0.366. The summed E-state index contributed by atoms with van der Waals surface area (Å²) >= 11 is 1.64. The summed E-state index contributed by atoms with van der Waals surface area (Å²) < 4.78 is 0. The molecule has 0 radical (unpaired) electrons. The van der Waals surface area contributed by atoms with Crippen LogP contribution < -0.4 is 10.2 Å². The number of carbonyl (C=O) groups is 1. The van der Waals surface area contributed by atoms with E-state index in [9.17, 15) is 4.79 Å². The van der Waals surface area contributed by atoms with Crippen molar-refractivity contribution in [3.8, 4) is 0 Å². The molecule has 0 aliphatic carbocycles. The second-order valence-corrected chi connectivity index (χ2v) is 8.71. The van der Waals surface area contributed by atoms with Crippen molar-refractivity contribution in [2.24, 2.45) is 5.92 Å². The number of nitrogens with one attached hydrogen (secondary N) is 1. The van der Waals surface area contributed by atoms with Gasteiger partial charge in [-0.05, 0) is 64.3 Å². The molecule has 0 aromatic carbocycles. The molecule has 146 valence electrons. The maximum atomic E-state index is 12.5. The number of anilines is 1. The van der Waals surface area contributed by atoms with Gasteiger partial charge >= 0.3 is 0 Å². The van der Waals surface area contributed by atoms with Gasteiger partial charge in [-0.25, -0.2) is 9.97 Å². The minimum Gasteiger partial charge on any atom is -0.356 e. The van der Waals surface area contributed by atoms with Crippen LogP contribution in [0.15, 0.2) is 18.3 Å². The fraction of sp³-hybridized carbons (Fsp3) is 0.650. The van der Waals surface area contributed by atoms with Crippen LogP contribution in [0.1, 0.15) is 39.0 Å². The Morgan fingerprint density at radius 3 is 2.81 bits per heavy atom. The Morgan fingerprint density at radius 2 is 2.07 bits per heavy atom. The second kappa shape index (κ2) is 8.52. The molecular weight excluding hydrogens is 358 g/mol. The lowest BCUT2D eigenvalue weighted by Gasteiger charge is -2.31. The highest BCUT2D eigenvalue weighted by atomic mass is 32.1. The van der Waals surface area contributed by atoms with Gasteiger partial charge in [0.25, 0.3) is 0 Å². The monoisotopic (exact) mass is 387 g/mol. The molecule has 0 unspecified atom stereocenters. The molecule has 0 saturated carbocycles. The Bertz CT molecular complexity index is 732. The average Bonchev–Trinajstić information content (AvgIpc) is 3.37. The third-order valence-electron chi connectivity index (χ3n) is 5.92. The van der Waals surface area contributed by atoms with E-state index in [0.717, 1.165) is 54.4 Å². The van der Waals surface area contributed by atoms with Crippen LogP contribution in [0.3, 0.4) is 0 Å². The van der Waals surface area contributed by atoms with Crippen LogP contribution in [0.25, 0.3) is 10.3 Å². The van der Waals surface area contributed by atoms with Crippen LogP contribution in [0.4, 0.5) is 5.13 Å². The molecule has 2 aromatic rings. The van der Waals surface area contributed by atoms with Crippen LogP contribution in [0.5, 0.6) is 0 Å². The number of nitrogens with zero attached hydrogens (tertiary/aromatic N) is 4. The van der Waals surface area contributed by atoms with Crippen molar-refractivity contribution in [2.75, 3.05) is 37.6 Å². The zero-order chi connectivity index (χ0) is 18.6. The molecular formula is C20H29N5OS. The van der Waals surface area contributed by atoms with Gasteiger partial charge in [0.2, 0.25) is 5.91 Å². The number of likely N-dealkylation sites (tertiary alicyclic amines) is 1. The van der Waals surface area contributed by atoms with Gasteiger partial charge in [0, 0.05) is 37.8 Å². The number of hydrogen-bond donors (Lipinski definition) is 1. The molecule has 27 heavy (non-hydrogen) atoms. The fourth-order valence-electron chi connectivity index (χ4n) is 4.14. The SMILES string of the molecule is C[C@@H](CCNC(=O)C1CCN(c2nc3cccnc3s2)CC1)N1CCCC1. The quantitative estimate of drug-likeness (QED) is 0.826. The van der Waals surface area contributed by atoms with E-state index in [1.807, 2.05) is 18.3 Å². The Kier molecular flexibility index (Phi) is 5.88. The summed E-state index contributed by atoms with van der Waals surface area (Å²) in [5.41, 5.74) is 0.962. The van der Waals surface area contributed by atoms with Crippen molar-refractivity contribution in [1.29, 1.82) is 0 Å². The lowest BCUT2D eigenvalue weighted by molar-refractivity contribution is -0.125. The van der Waals surface area contributed by atoms with Crippen molar-refractivity contribution in [3.05, 3.63) is 18.3 Å². The third-order valence-corrected chi connectivity index (χ3v) is 6.96. The van der Waals surface area contributed by atoms with Gasteiger partial charge in [0.05, 0.1) is 0 Å². The minimum absolute atomic E-state index is 0.135. The first-order valence-electron chi connectivity index (χ1n) is 10.2. The number of rotatable bonds is 6. The predicted octanol–water partition coefficient (Wildman–Crippen LogP) is 2.90. The Morgan fingerprint density at radius 1 is 1.30 bits per heavy atom. The second-order valence-electron chi connectivity index (χ2n) is 7.76. The van der Waals surface area contributed by atoms with Crippen molar-refractivity contribution in [2.45, 2.75) is 45.1 Å². The summed E-state index contributed by atoms with van der Waals surface area (Å²) in [6.45, 7) is 7.29.